The van der Waals surface area contributed by atoms with E-state index in [0.29, 0.717) is 6.61 Å². The van der Waals surface area contributed by atoms with Crippen LogP contribution in [0.1, 0.15) is 36.1 Å². The number of rotatable bonds is 3. The highest BCUT2D eigenvalue weighted by molar-refractivity contribution is 6.16. The summed E-state index contributed by atoms with van der Waals surface area (Å²) in [5, 5.41) is 0. The minimum atomic E-state index is -0.297. The number of benzene rings is 1. The lowest BCUT2D eigenvalue weighted by Gasteiger charge is -2.28. The minimum Gasteiger partial charge on any atom is -0.458 e. The number of carbonyl (C=O) groups excluding carboxylic acids is 1. The molecule has 0 radical (unpaired) electrons. The number of nitrogens with zero attached hydrogens (tertiary/aromatic N) is 2. The van der Waals surface area contributed by atoms with Crippen molar-refractivity contribution in [1.29, 1.82) is 0 Å². The highest BCUT2D eigenvalue weighted by Crippen LogP contribution is 2.37. The molecule has 3 aliphatic rings. The van der Waals surface area contributed by atoms with Crippen LogP contribution >= 0.6 is 0 Å². The summed E-state index contributed by atoms with van der Waals surface area (Å²) in [7, 11) is 0. The fourth-order valence-electron chi connectivity index (χ4n) is 3.84. The third kappa shape index (κ3) is 2.47. The molecule has 1 atom stereocenters. The zero-order valence-electron chi connectivity index (χ0n) is 14.4. The molecule has 130 valence electrons. The largest absolute Gasteiger partial charge is 0.458 e. The van der Waals surface area contributed by atoms with Gasteiger partial charge in [0, 0.05) is 23.6 Å². The van der Waals surface area contributed by atoms with Crippen molar-refractivity contribution < 1.29 is 18.8 Å². The van der Waals surface area contributed by atoms with E-state index in [0.717, 1.165) is 42.0 Å². The molecule has 0 amide bonds. The van der Waals surface area contributed by atoms with Crippen molar-refractivity contribution >= 4 is 22.9 Å². The molecule has 2 aromatic rings. The van der Waals surface area contributed by atoms with Gasteiger partial charge in [0.2, 0.25) is 11.4 Å². The standard InChI is InChI=1S/C21H19N2O3/c24-20-10-15(13-26-20)17-11-16-18(12-22-17)23(19-8-4-5-9-25-19)21(16)14-6-2-1-3-7-14/h1-3,6-7,10-12,19H,4-5,8-9,13H2/q+1. The van der Waals surface area contributed by atoms with Crippen LogP contribution in [0.25, 0.3) is 5.57 Å². The third-order valence-electron chi connectivity index (χ3n) is 5.12. The Bertz CT molecular complexity index is 941. The van der Waals surface area contributed by atoms with Gasteiger partial charge in [-0.2, -0.15) is 4.58 Å². The maximum Gasteiger partial charge on any atom is 0.331 e. The van der Waals surface area contributed by atoms with Crippen LogP contribution < -0.4 is 0 Å². The molecule has 26 heavy (non-hydrogen) atoms. The van der Waals surface area contributed by atoms with Crippen LogP contribution in [0.5, 0.6) is 0 Å². The fraction of sp³-hybridized carbons (Fsp3) is 0.286. The van der Waals surface area contributed by atoms with Crippen LogP contribution in [-0.4, -0.2) is 40.7 Å². The molecule has 5 heteroatoms. The summed E-state index contributed by atoms with van der Waals surface area (Å²) in [6.07, 6.45) is 6.80. The van der Waals surface area contributed by atoms with E-state index in [-0.39, 0.29) is 12.2 Å². The lowest BCUT2D eigenvalue weighted by atomic mass is 9.92. The topological polar surface area (TPSA) is 51.4 Å². The van der Waals surface area contributed by atoms with E-state index < -0.39 is 0 Å². The molecular formula is C21H19N2O3+. The maximum absolute atomic E-state index is 11.4. The van der Waals surface area contributed by atoms with Gasteiger partial charge < -0.3 is 9.47 Å². The number of carbonyl (C=O) groups is 1. The van der Waals surface area contributed by atoms with Crippen molar-refractivity contribution in [2.45, 2.75) is 25.5 Å². The van der Waals surface area contributed by atoms with E-state index in [1.807, 2.05) is 24.4 Å². The molecular weight excluding hydrogens is 328 g/mol. The molecule has 1 aromatic heterocycles. The van der Waals surface area contributed by atoms with Gasteiger partial charge in [0.15, 0.2) is 0 Å². The quantitative estimate of drug-likeness (QED) is 0.633. The lowest BCUT2D eigenvalue weighted by molar-refractivity contribution is -0.557. The van der Waals surface area contributed by atoms with E-state index >= 15 is 0 Å². The molecule has 0 N–H and O–H groups in total. The second-order valence-corrected chi connectivity index (χ2v) is 6.77. The van der Waals surface area contributed by atoms with Crippen LogP contribution in [0.15, 0.2) is 48.7 Å². The first-order valence-corrected chi connectivity index (χ1v) is 9.02. The van der Waals surface area contributed by atoms with E-state index in [1.54, 1.807) is 0 Å². The summed E-state index contributed by atoms with van der Waals surface area (Å²) in [4.78, 5) is 15.9. The molecule has 0 saturated carbocycles. The van der Waals surface area contributed by atoms with Gasteiger partial charge in [-0.05, 0) is 31.0 Å². The van der Waals surface area contributed by atoms with Gasteiger partial charge in [-0.3, -0.25) is 0 Å². The van der Waals surface area contributed by atoms with Crippen LogP contribution in [0, 0.1) is 0 Å². The number of hydrogen-bond acceptors (Lipinski definition) is 4. The average Bonchev–Trinajstić information content (AvgIpc) is 3.11. The van der Waals surface area contributed by atoms with Crippen molar-refractivity contribution in [3.05, 3.63) is 65.5 Å². The molecule has 0 bridgehead atoms. The fourth-order valence-corrected chi connectivity index (χ4v) is 3.84. The van der Waals surface area contributed by atoms with Gasteiger partial charge in [0.25, 0.3) is 6.23 Å². The van der Waals surface area contributed by atoms with E-state index in [2.05, 4.69) is 27.8 Å². The summed E-state index contributed by atoms with van der Waals surface area (Å²) in [6, 6.07) is 12.4. The van der Waals surface area contributed by atoms with E-state index in [9.17, 15) is 4.79 Å². The number of esters is 1. The summed E-state index contributed by atoms with van der Waals surface area (Å²) in [5.41, 5.74) is 6.20. The maximum atomic E-state index is 11.4. The second-order valence-electron chi connectivity index (χ2n) is 6.77. The molecule has 5 rings (SSSR count). The van der Waals surface area contributed by atoms with Crippen LogP contribution in [0.4, 0.5) is 5.69 Å². The molecule has 4 heterocycles. The smallest absolute Gasteiger partial charge is 0.331 e. The van der Waals surface area contributed by atoms with Gasteiger partial charge in [-0.15, -0.1) is 0 Å². The Hall–Kier alpha value is -2.79. The Morgan fingerprint density at radius 1 is 1.15 bits per heavy atom. The molecule has 5 nitrogen and oxygen atoms in total. The number of ether oxygens (including phenoxy) is 2. The predicted octanol–water partition coefficient (Wildman–Crippen LogP) is 3.04. The van der Waals surface area contributed by atoms with Crippen LogP contribution in [-0.2, 0) is 14.3 Å². The first kappa shape index (κ1) is 15.5. The number of pyridine rings is 1. The summed E-state index contributed by atoms with van der Waals surface area (Å²) in [6.45, 7) is 1.09. The van der Waals surface area contributed by atoms with Crippen LogP contribution in [0.2, 0.25) is 0 Å². The predicted molar refractivity (Wildman–Crippen MR) is 96.3 cm³/mol. The summed E-state index contributed by atoms with van der Waals surface area (Å²) < 4.78 is 13.3. The van der Waals surface area contributed by atoms with Crippen molar-refractivity contribution in [3.63, 3.8) is 0 Å². The second kappa shape index (κ2) is 6.18. The molecule has 0 spiro atoms. The normalized spacial score (nSPS) is 21.8. The van der Waals surface area contributed by atoms with Crippen molar-refractivity contribution in [2.75, 3.05) is 13.2 Å². The monoisotopic (exact) mass is 347 g/mol. The van der Waals surface area contributed by atoms with Gasteiger partial charge in [0.05, 0.1) is 12.3 Å². The zero-order valence-corrected chi connectivity index (χ0v) is 14.4. The van der Waals surface area contributed by atoms with Gasteiger partial charge >= 0.3 is 5.97 Å². The number of fused-ring (bicyclic) bond motifs is 1. The van der Waals surface area contributed by atoms with Crippen LogP contribution in [0.3, 0.4) is 0 Å². The van der Waals surface area contributed by atoms with Crippen molar-refractivity contribution in [1.82, 2.24) is 4.98 Å². The van der Waals surface area contributed by atoms with E-state index in [4.69, 9.17) is 9.47 Å². The van der Waals surface area contributed by atoms with Crippen molar-refractivity contribution in [3.8, 4) is 0 Å². The first-order chi connectivity index (χ1) is 12.8. The highest BCUT2D eigenvalue weighted by atomic mass is 16.5. The molecule has 1 unspecified atom stereocenters. The first-order valence-electron chi connectivity index (χ1n) is 9.02. The minimum absolute atomic E-state index is 0.0645. The van der Waals surface area contributed by atoms with Gasteiger partial charge in [-0.25, -0.2) is 9.78 Å². The average molecular weight is 347 g/mol. The third-order valence-corrected chi connectivity index (χ3v) is 5.12. The number of aromatic nitrogens is 1. The van der Waals surface area contributed by atoms with E-state index in [1.165, 1.54) is 23.8 Å². The number of cyclic esters (lactones) is 1. The summed E-state index contributed by atoms with van der Waals surface area (Å²) >= 11 is 0. The Labute approximate surface area is 151 Å². The molecule has 3 aliphatic heterocycles. The number of hydrogen-bond donors (Lipinski definition) is 0. The summed E-state index contributed by atoms with van der Waals surface area (Å²) in [5.74, 6) is -0.297. The zero-order chi connectivity index (χ0) is 17.5. The van der Waals surface area contributed by atoms with Gasteiger partial charge in [-0.1, -0.05) is 18.2 Å². The SMILES string of the molecule is O=C1C=C(c2cc3c(cn2)[N+](C2CCCCO2)=C3c2ccccc2)CO1. The Kier molecular flexibility index (Phi) is 3.68. The molecule has 0 aliphatic carbocycles. The molecule has 1 saturated heterocycles. The Balaban J connectivity index is 1.59. The molecule has 1 aromatic carbocycles. The van der Waals surface area contributed by atoms with Gasteiger partial charge in [0.1, 0.15) is 18.4 Å². The molecule has 1 fully saturated rings. The Morgan fingerprint density at radius 3 is 2.77 bits per heavy atom. The Morgan fingerprint density at radius 2 is 2.04 bits per heavy atom. The lowest BCUT2D eigenvalue weighted by Crippen LogP contribution is -2.40. The highest BCUT2D eigenvalue weighted by Gasteiger charge is 2.43. The van der Waals surface area contributed by atoms with Crippen molar-refractivity contribution in [2.24, 2.45) is 0 Å².